The first kappa shape index (κ1) is 15.4. The summed E-state index contributed by atoms with van der Waals surface area (Å²) in [4.78, 5) is 25.6. The van der Waals surface area contributed by atoms with Gasteiger partial charge in [-0.25, -0.2) is 0 Å². The van der Waals surface area contributed by atoms with Gasteiger partial charge in [0.2, 0.25) is 0 Å². The molecule has 0 N–H and O–H groups in total. The predicted octanol–water partition coefficient (Wildman–Crippen LogP) is 4.19. The van der Waals surface area contributed by atoms with Crippen molar-refractivity contribution >= 4 is 39.0 Å². The van der Waals surface area contributed by atoms with Crippen molar-refractivity contribution in [1.29, 1.82) is 0 Å². The molecule has 3 rings (SSSR count). The quantitative estimate of drug-likeness (QED) is 0.593. The second-order valence-corrected chi connectivity index (χ2v) is 7.54. The first-order valence-corrected chi connectivity index (χ1v) is 8.69. The third-order valence-corrected chi connectivity index (χ3v) is 6.13. The average Bonchev–Trinajstić information content (AvgIpc) is 3.01. The Morgan fingerprint density at radius 1 is 1.32 bits per heavy atom. The van der Waals surface area contributed by atoms with Gasteiger partial charge in [-0.2, -0.15) is 0 Å². The molecule has 1 aliphatic carbocycles. The number of carbonyl (C=O) groups is 2. The summed E-state index contributed by atoms with van der Waals surface area (Å²) >= 11 is 4.98. The third kappa shape index (κ3) is 2.23. The molecule has 1 heterocycles. The van der Waals surface area contributed by atoms with Crippen LogP contribution in [0.25, 0.3) is 0 Å². The van der Waals surface area contributed by atoms with Gasteiger partial charge in [-0.1, -0.05) is 37.3 Å². The number of ether oxygens (including phenoxy) is 1. The number of methoxy groups -OCH3 is 1. The molecule has 1 aliphatic rings. The van der Waals surface area contributed by atoms with E-state index in [0.29, 0.717) is 4.88 Å². The maximum Gasteiger partial charge on any atom is 0.317 e. The Balaban J connectivity index is 2.23. The van der Waals surface area contributed by atoms with E-state index in [-0.39, 0.29) is 11.7 Å². The largest absolute Gasteiger partial charge is 0.468 e. The van der Waals surface area contributed by atoms with Crippen LogP contribution in [-0.2, 0) is 16.0 Å². The molecular formula is C17H15BrO3S. The van der Waals surface area contributed by atoms with Gasteiger partial charge in [-0.15, -0.1) is 11.3 Å². The molecule has 0 fully saturated rings. The minimum atomic E-state index is -0.771. The second-order valence-electron chi connectivity index (χ2n) is 5.20. The SMILES string of the molecule is CCc1c(Br)sc2c1[C@H](c1ccccc1)[C@H](C(=O)OC)C2=O. The summed E-state index contributed by atoms with van der Waals surface area (Å²) in [7, 11) is 1.33. The van der Waals surface area contributed by atoms with Crippen LogP contribution in [0.2, 0.25) is 0 Å². The van der Waals surface area contributed by atoms with Crippen molar-refractivity contribution in [2.45, 2.75) is 19.3 Å². The first-order valence-electron chi connectivity index (χ1n) is 7.08. The minimum absolute atomic E-state index is 0.124. The third-order valence-electron chi connectivity index (χ3n) is 4.12. The monoisotopic (exact) mass is 378 g/mol. The normalized spacial score (nSPS) is 20.0. The Bertz CT molecular complexity index is 736. The van der Waals surface area contributed by atoms with Crippen LogP contribution in [0, 0.1) is 5.92 Å². The molecule has 0 radical (unpaired) electrons. The number of rotatable bonds is 3. The highest BCUT2D eigenvalue weighted by Gasteiger charge is 2.48. The van der Waals surface area contributed by atoms with Crippen LogP contribution in [0.3, 0.4) is 0 Å². The number of esters is 1. The summed E-state index contributed by atoms with van der Waals surface area (Å²) in [6.45, 7) is 2.06. The molecule has 2 aromatic rings. The lowest BCUT2D eigenvalue weighted by atomic mass is 9.84. The second kappa shape index (κ2) is 5.97. The van der Waals surface area contributed by atoms with Gasteiger partial charge in [0.05, 0.1) is 15.8 Å². The van der Waals surface area contributed by atoms with Gasteiger partial charge in [-0.05, 0) is 39.0 Å². The molecule has 5 heteroatoms. The lowest BCUT2D eigenvalue weighted by Crippen LogP contribution is -2.26. The number of halogens is 1. The van der Waals surface area contributed by atoms with Gasteiger partial charge < -0.3 is 4.74 Å². The van der Waals surface area contributed by atoms with Crippen molar-refractivity contribution < 1.29 is 14.3 Å². The van der Waals surface area contributed by atoms with Gasteiger partial charge >= 0.3 is 5.97 Å². The number of hydrogen-bond donors (Lipinski definition) is 0. The molecule has 0 saturated carbocycles. The maximum absolute atomic E-state index is 12.8. The molecule has 0 bridgehead atoms. The van der Waals surface area contributed by atoms with E-state index in [0.717, 1.165) is 26.9 Å². The van der Waals surface area contributed by atoms with E-state index in [1.807, 2.05) is 30.3 Å². The topological polar surface area (TPSA) is 43.4 Å². The Kier molecular flexibility index (Phi) is 4.19. The Morgan fingerprint density at radius 3 is 2.59 bits per heavy atom. The zero-order valence-corrected chi connectivity index (χ0v) is 14.7. The molecular weight excluding hydrogens is 364 g/mol. The van der Waals surface area contributed by atoms with Crippen LogP contribution in [0.15, 0.2) is 34.1 Å². The molecule has 0 spiro atoms. The smallest absolute Gasteiger partial charge is 0.317 e. The van der Waals surface area contributed by atoms with E-state index < -0.39 is 11.9 Å². The summed E-state index contributed by atoms with van der Waals surface area (Å²) in [5.41, 5.74) is 3.09. The van der Waals surface area contributed by atoms with Gasteiger partial charge in [0.25, 0.3) is 0 Å². The number of hydrogen-bond acceptors (Lipinski definition) is 4. The Hall–Kier alpha value is -1.46. The molecule has 1 aromatic heterocycles. The van der Waals surface area contributed by atoms with Crippen LogP contribution in [0.4, 0.5) is 0 Å². The van der Waals surface area contributed by atoms with Crippen LogP contribution >= 0.6 is 27.3 Å². The number of carbonyl (C=O) groups excluding carboxylic acids is 2. The number of thiophene rings is 1. The molecule has 0 unspecified atom stereocenters. The van der Waals surface area contributed by atoms with Crippen molar-refractivity contribution in [3.8, 4) is 0 Å². The number of Topliss-reactive ketones (excluding diaryl/α,β-unsaturated/α-hetero) is 1. The van der Waals surface area contributed by atoms with Crippen LogP contribution in [0.1, 0.15) is 39.2 Å². The van der Waals surface area contributed by atoms with Crippen LogP contribution in [-0.4, -0.2) is 18.9 Å². The van der Waals surface area contributed by atoms with E-state index in [4.69, 9.17) is 4.74 Å². The Labute approximate surface area is 141 Å². The lowest BCUT2D eigenvalue weighted by Gasteiger charge is -2.19. The zero-order valence-electron chi connectivity index (χ0n) is 12.3. The summed E-state index contributed by atoms with van der Waals surface area (Å²) in [5.74, 6) is -1.61. The highest BCUT2D eigenvalue weighted by Crippen LogP contribution is 2.50. The number of fused-ring (bicyclic) bond motifs is 1. The van der Waals surface area contributed by atoms with Gasteiger partial charge in [0, 0.05) is 5.92 Å². The molecule has 22 heavy (non-hydrogen) atoms. The average molecular weight is 379 g/mol. The lowest BCUT2D eigenvalue weighted by molar-refractivity contribution is -0.143. The summed E-state index contributed by atoms with van der Waals surface area (Å²) < 4.78 is 5.88. The molecule has 3 nitrogen and oxygen atoms in total. The highest BCUT2D eigenvalue weighted by atomic mass is 79.9. The highest BCUT2D eigenvalue weighted by molar-refractivity contribution is 9.11. The summed E-state index contributed by atoms with van der Waals surface area (Å²) in [6, 6.07) is 9.72. The fourth-order valence-electron chi connectivity index (χ4n) is 3.14. The fraction of sp³-hybridized carbons (Fsp3) is 0.294. The van der Waals surface area contributed by atoms with E-state index >= 15 is 0 Å². The van der Waals surface area contributed by atoms with Crippen LogP contribution in [0.5, 0.6) is 0 Å². The molecule has 0 amide bonds. The van der Waals surface area contributed by atoms with Crippen LogP contribution < -0.4 is 0 Å². The molecule has 2 atom stereocenters. The Morgan fingerprint density at radius 2 is 2.00 bits per heavy atom. The van der Waals surface area contributed by atoms with Crippen molar-refractivity contribution in [3.63, 3.8) is 0 Å². The minimum Gasteiger partial charge on any atom is -0.468 e. The van der Waals surface area contributed by atoms with Crippen molar-refractivity contribution in [2.75, 3.05) is 7.11 Å². The van der Waals surface area contributed by atoms with Gasteiger partial charge in [0.15, 0.2) is 5.78 Å². The summed E-state index contributed by atoms with van der Waals surface area (Å²) in [5, 5.41) is 0. The first-order chi connectivity index (χ1) is 10.6. The predicted molar refractivity (Wildman–Crippen MR) is 89.5 cm³/mol. The molecule has 0 aliphatic heterocycles. The van der Waals surface area contributed by atoms with Gasteiger partial charge in [-0.3, -0.25) is 9.59 Å². The van der Waals surface area contributed by atoms with E-state index in [9.17, 15) is 9.59 Å². The van der Waals surface area contributed by atoms with Crippen molar-refractivity contribution in [3.05, 3.63) is 55.7 Å². The van der Waals surface area contributed by atoms with Crippen molar-refractivity contribution in [1.82, 2.24) is 0 Å². The number of benzene rings is 1. The standard InChI is InChI=1S/C17H15BrO3S/c1-3-10-12-11(9-7-5-4-6-8-9)13(17(20)21-2)14(19)15(12)22-16(10)18/h4-8,11,13H,3H2,1-2H3/t11-,13-/m0/s1. The van der Waals surface area contributed by atoms with E-state index in [1.165, 1.54) is 18.4 Å². The maximum atomic E-state index is 12.8. The molecule has 0 saturated heterocycles. The zero-order chi connectivity index (χ0) is 15.9. The molecule has 114 valence electrons. The van der Waals surface area contributed by atoms with E-state index in [2.05, 4.69) is 22.9 Å². The van der Waals surface area contributed by atoms with Crippen molar-refractivity contribution in [2.24, 2.45) is 5.92 Å². The summed E-state index contributed by atoms with van der Waals surface area (Å²) in [6.07, 6.45) is 0.816. The molecule has 1 aromatic carbocycles. The number of ketones is 1. The van der Waals surface area contributed by atoms with Gasteiger partial charge in [0.1, 0.15) is 5.92 Å². The van der Waals surface area contributed by atoms with E-state index in [1.54, 1.807) is 0 Å². The fourth-order valence-corrected chi connectivity index (χ4v) is 5.26.